The molecule has 0 aromatic heterocycles. The summed E-state index contributed by atoms with van der Waals surface area (Å²) in [6.45, 7) is 0. The van der Waals surface area contributed by atoms with Crippen LogP contribution in [-0.2, 0) is 0 Å². The van der Waals surface area contributed by atoms with E-state index >= 15 is 0 Å². The van der Waals surface area contributed by atoms with Gasteiger partial charge in [-0.15, -0.1) is 0 Å². The van der Waals surface area contributed by atoms with Crippen LogP contribution in [0.1, 0.15) is 24.3 Å². The van der Waals surface area contributed by atoms with Crippen molar-refractivity contribution >= 4 is 29.6 Å². The molecule has 102 valence electrons. The Bertz CT molecular complexity index is 619. The van der Waals surface area contributed by atoms with Crippen LogP contribution in [0, 0.1) is 5.41 Å². The average Bonchev–Trinajstić information content (AvgIpc) is 2.91. The molecular formula is C17H16ClNS. The fraction of sp³-hybridized carbons (Fsp3) is 0.353. The van der Waals surface area contributed by atoms with Crippen molar-refractivity contribution in [2.75, 3.05) is 5.75 Å². The molecule has 3 heteroatoms. The Morgan fingerprint density at radius 2 is 2.10 bits per heavy atom. The number of halogens is 1. The Morgan fingerprint density at radius 3 is 2.95 bits per heavy atom. The van der Waals surface area contributed by atoms with E-state index < -0.39 is 0 Å². The van der Waals surface area contributed by atoms with Gasteiger partial charge in [0, 0.05) is 33.5 Å². The van der Waals surface area contributed by atoms with Crippen LogP contribution < -0.4 is 0 Å². The molecule has 2 aliphatic heterocycles. The van der Waals surface area contributed by atoms with E-state index in [2.05, 4.69) is 60.5 Å². The summed E-state index contributed by atoms with van der Waals surface area (Å²) in [6.07, 6.45) is 8.64. The second-order valence-electron chi connectivity index (χ2n) is 5.73. The van der Waals surface area contributed by atoms with Crippen LogP contribution in [0.2, 0.25) is 0 Å². The summed E-state index contributed by atoms with van der Waals surface area (Å²) in [5.74, 6) is 1.64. The minimum Gasteiger partial charge on any atom is -0.264 e. The highest BCUT2D eigenvalue weighted by atomic mass is 35.5. The van der Waals surface area contributed by atoms with Gasteiger partial charge >= 0.3 is 0 Å². The van der Waals surface area contributed by atoms with Crippen molar-refractivity contribution in [1.82, 2.24) is 0 Å². The predicted molar refractivity (Wildman–Crippen MR) is 87.6 cm³/mol. The third kappa shape index (κ3) is 1.82. The molecule has 3 atom stereocenters. The quantitative estimate of drug-likeness (QED) is 0.728. The molecule has 4 rings (SSSR count). The second kappa shape index (κ2) is 4.78. The monoisotopic (exact) mass is 301 g/mol. The normalized spacial score (nSPS) is 35.0. The Balaban J connectivity index is 1.80. The Kier molecular flexibility index (Phi) is 3.04. The third-order valence-electron chi connectivity index (χ3n) is 4.72. The summed E-state index contributed by atoms with van der Waals surface area (Å²) >= 11 is 8.28. The zero-order chi connectivity index (χ0) is 13.6. The fourth-order valence-electron chi connectivity index (χ4n) is 3.67. The van der Waals surface area contributed by atoms with Crippen LogP contribution in [0.5, 0.6) is 0 Å². The Hall–Kier alpha value is -0.990. The second-order valence-corrected chi connectivity index (χ2v) is 7.42. The molecule has 1 aromatic carbocycles. The van der Waals surface area contributed by atoms with Crippen LogP contribution in [0.25, 0.3) is 0 Å². The van der Waals surface area contributed by atoms with Gasteiger partial charge in [0.15, 0.2) is 0 Å². The van der Waals surface area contributed by atoms with Crippen LogP contribution in [-0.4, -0.2) is 17.2 Å². The van der Waals surface area contributed by atoms with E-state index in [4.69, 9.17) is 16.6 Å². The highest BCUT2D eigenvalue weighted by Crippen LogP contribution is 2.59. The van der Waals surface area contributed by atoms with Gasteiger partial charge in [-0.2, -0.15) is 11.8 Å². The summed E-state index contributed by atoms with van der Waals surface area (Å²) in [5, 5.41) is 1.44. The number of hydrogen-bond acceptors (Lipinski definition) is 2. The van der Waals surface area contributed by atoms with Gasteiger partial charge < -0.3 is 0 Å². The third-order valence-corrected chi connectivity index (χ3v) is 6.53. The number of thioether (sulfide) groups is 1. The zero-order valence-corrected chi connectivity index (χ0v) is 12.7. The lowest BCUT2D eigenvalue weighted by atomic mass is 9.67. The van der Waals surface area contributed by atoms with Crippen molar-refractivity contribution in [2.24, 2.45) is 10.4 Å². The summed E-state index contributed by atoms with van der Waals surface area (Å²) in [4.78, 5) is 4.79. The highest BCUT2D eigenvalue weighted by molar-refractivity contribution is 8.00. The van der Waals surface area contributed by atoms with E-state index in [1.807, 2.05) is 0 Å². The Labute approximate surface area is 128 Å². The molecule has 1 aliphatic carbocycles. The van der Waals surface area contributed by atoms with E-state index in [-0.39, 0.29) is 5.41 Å². The molecular weight excluding hydrogens is 286 g/mol. The maximum atomic E-state index is 6.18. The lowest BCUT2D eigenvalue weighted by Gasteiger charge is -2.42. The summed E-state index contributed by atoms with van der Waals surface area (Å²) < 4.78 is 0. The summed E-state index contributed by atoms with van der Waals surface area (Å²) in [7, 11) is 0. The van der Waals surface area contributed by atoms with Crippen molar-refractivity contribution in [3.63, 3.8) is 0 Å². The number of allylic oxidation sites excluding steroid dienone is 4. The molecule has 0 saturated carbocycles. The standard InChI is InChI=1S/C17H16ClNS/c18-13-6-7-17-8-9-20-16(17)14(11-19-15(17)10-13)12-4-2-1-3-5-12/h1-6,10-11,14,16H,7-9H2. The molecule has 0 amide bonds. The first-order chi connectivity index (χ1) is 9.79. The largest absolute Gasteiger partial charge is 0.264 e. The van der Waals surface area contributed by atoms with Gasteiger partial charge in [-0.1, -0.05) is 48.0 Å². The first kappa shape index (κ1) is 12.7. The molecule has 3 aliphatic rings. The molecule has 1 saturated heterocycles. The molecule has 20 heavy (non-hydrogen) atoms. The van der Waals surface area contributed by atoms with Gasteiger partial charge in [0.25, 0.3) is 0 Å². The minimum atomic E-state index is 0.207. The highest BCUT2D eigenvalue weighted by Gasteiger charge is 2.51. The summed E-state index contributed by atoms with van der Waals surface area (Å²) in [6, 6.07) is 10.8. The van der Waals surface area contributed by atoms with E-state index in [1.54, 1.807) is 0 Å². The van der Waals surface area contributed by atoms with E-state index in [0.29, 0.717) is 11.2 Å². The van der Waals surface area contributed by atoms with E-state index in [1.165, 1.54) is 23.4 Å². The van der Waals surface area contributed by atoms with Crippen molar-refractivity contribution in [3.05, 3.63) is 58.8 Å². The average molecular weight is 302 g/mol. The lowest BCUT2D eigenvalue weighted by molar-refractivity contribution is 0.326. The van der Waals surface area contributed by atoms with E-state index in [9.17, 15) is 0 Å². The van der Waals surface area contributed by atoms with Crippen molar-refractivity contribution in [2.45, 2.75) is 24.0 Å². The molecule has 0 radical (unpaired) electrons. The van der Waals surface area contributed by atoms with Gasteiger partial charge in [-0.25, -0.2) is 0 Å². The fourth-order valence-corrected chi connectivity index (χ4v) is 5.67. The van der Waals surface area contributed by atoms with Gasteiger partial charge in [-0.05, 0) is 30.2 Å². The maximum absolute atomic E-state index is 6.18. The van der Waals surface area contributed by atoms with Gasteiger partial charge in [0.05, 0.1) is 0 Å². The smallest absolute Gasteiger partial charge is 0.0491 e. The number of aliphatic imine (C=N–C) groups is 1. The molecule has 3 unspecified atom stereocenters. The predicted octanol–water partition coefficient (Wildman–Crippen LogP) is 4.76. The molecule has 1 aromatic rings. The Morgan fingerprint density at radius 1 is 1.25 bits per heavy atom. The SMILES string of the molecule is ClC1=CCC23CCSC2C(c2ccccc2)C=NC3=C1. The molecule has 2 heterocycles. The molecule has 0 N–H and O–H groups in total. The minimum absolute atomic E-state index is 0.207. The molecule has 1 nitrogen and oxygen atoms in total. The molecule has 1 spiro atoms. The molecule has 1 fully saturated rings. The van der Waals surface area contributed by atoms with Gasteiger partial charge in [0.1, 0.15) is 0 Å². The molecule has 0 bridgehead atoms. The van der Waals surface area contributed by atoms with Crippen LogP contribution in [0.3, 0.4) is 0 Å². The van der Waals surface area contributed by atoms with Crippen LogP contribution in [0.4, 0.5) is 0 Å². The van der Waals surface area contributed by atoms with Crippen molar-refractivity contribution < 1.29 is 0 Å². The van der Waals surface area contributed by atoms with Crippen LogP contribution >= 0.6 is 23.4 Å². The summed E-state index contributed by atoms with van der Waals surface area (Å²) in [5.41, 5.74) is 2.79. The first-order valence-corrected chi connectivity index (χ1v) is 8.51. The van der Waals surface area contributed by atoms with Crippen LogP contribution in [0.15, 0.2) is 58.2 Å². The first-order valence-electron chi connectivity index (χ1n) is 7.08. The van der Waals surface area contributed by atoms with Gasteiger partial charge in [0.2, 0.25) is 0 Å². The van der Waals surface area contributed by atoms with Crippen molar-refractivity contribution in [1.29, 1.82) is 0 Å². The number of benzene rings is 1. The lowest BCUT2D eigenvalue weighted by Crippen LogP contribution is -2.39. The number of rotatable bonds is 1. The van der Waals surface area contributed by atoms with Crippen molar-refractivity contribution in [3.8, 4) is 0 Å². The van der Waals surface area contributed by atoms with Gasteiger partial charge in [-0.3, -0.25) is 4.99 Å². The maximum Gasteiger partial charge on any atom is 0.0491 e. The van der Waals surface area contributed by atoms with E-state index in [0.717, 1.165) is 11.5 Å². The number of hydrogen-bond donors (Lipinski definition) is 0. The topological polar surface area (TPSA) is 12.4 Å². The number of nitrogens with zero attached hydrogens (tertiary/aromatic N) is 1. The zero-order valence-electron chi connectivity index (χ0n) is 11.1.